The van der Waals surface area contributed by atoms with Crippen LogP contribution in [0.3, 0.4) is 0 Å². The van der Waals surface area contributed by atoms with Gasteiger partial charge in [0.1, 0.15) is 25.5 Å². The van der Waals surface area contributed by atoms with Crippen LogP contribution in [0.1, 0.15) is 59.8 Å². The highest BCUT2D eigenvalue weighted by Crippen LogP contribution is 2.53. The normalized spacial score (nSPS) is 17.2. The van der Waals surface area contributed by atoms with Gasteiger partial charge in [-0.2, -0.15) is 0 Å². The molecule has 1 aromatic rings. The molecule has 55 heavy (non-hydrogen) atoms. The lowest BCUT2D eigenvalue weighted by Crippen LogP contribution is -2.50. The number of hydrogen-bond acceptors (Lipinski definition) is 20. The van der Waals surface area contributed by atoms with E-state index < -0.39 is 117 Å². The number of phosphoric acid groups is 1. The quantitative estimate of drug-likeness (QED) is 0.0674. The summed E-state index contributed by atoms with van der Waals surface area (Å²) in [4.78, 5) is 103. The molecule has 1 saturated heterocycles. The van der Waals surface area contributed by atoms with E-state index in [0.717, 1.165) is 18.4 Å². The molecule has 1 fully saturated rings. The number of nitrogens with one attached hydrogen (secondary N) is 1. The Morgan fingerprint density at radius 1 is 0.764 bits per heavy atom. The fourth-order valence-corrected chi connectivity index (χ4v) is 6.05. The number of hydrogen-bond donors (Lipinski definition) is 2. The average Bonchev–Trinajstić information content (AvgIpc) is 3.49. The van der Waals surface area contributed by atoms with Gasteiger partial charge in [0.15, 0.2) is 0 Å². The largest absolute Gasteiger partial charge is 0.474 e. The second-order valence-electron chi connectivity index (χ2n) is 11.8. The van der Waals surface area contributed by atoms with Crippen molar-refractivity contribution in [3.05, 3.63) is 32.6 Å². The summed E-state index contributed by atoms with van der Waals surface area (Å²) in [6, 6.07) is 0. The van der Waals surface area contributed by atoms with Crippen LogP contribution in [-0.4, -0.2) is 122 Å². The number of aliphatic hydroxyl groups excluding tert-OH is 1. The number of aromatic amines is 1. The first-order valence-corrected chi connectivity index (χ1v) is 18.5. The zero-order chi connectivity index (χ0) is 41.6. The third kappa shape index (κ3) is 12.3. The molecule has 2 rings (SSSR count). The van der Waals surface area contributed by atoms with Crippen LogP contribution in [0, 0.1) is 17.8 Å². The van der Waals surface area contributed by atoms with Crippen LogP contribution in [0.25, 0.3) is 0 Å². The number of aryl methyl sites for hydroxylation is 1. The van der Waals surface area contributed by atoms with Gasteiger partial charge in [-0.05, 0) is 34.6 Å². The summed E-state index contributed by atoms with van der Waals surface area (Å²) in [7, 11) is -5.36. The predicted molar refractivity (Wildman–Crippen MR) is 181 cm³/mol. The van der Waals surface area contributed by atoms with Crippen LogP contribution in [0.5, 0.6) is 0 Å². The van der Waals surface area contributed by atoms with Crippen molar-refractivity contribution in [1.29, 1.82) is 0 Å². The number of nitrogens with zero attached hydrogens (tertiary/aromatic N) is 1. The molecule has 0 unspecified atom stereocenters. The molecule has 0 amide bonds. The van der Waals surface area contributed by atoms with Gasteiger partial charge < -0.3 is 38.3 Å². The maximum Gasteiger partial charge on any atom is 0.474 e. The molecule has 23 heteroatoms. The average molecular weight is 811 g/mol. The van der Waals surface area contributed by atoms with E-state index in [1.807, 2.05) is 0 Å². The molecule has 0 bridgehead atoms. The van der Waals surface area contributed by atoms with Gasteiger partial charge in [-0.3, -0.25) is 56.7 Å². The van der Waals surface area contributed by atoms with Crippen LogP contribution >= 0.6 is 7.82 Å². The number of phosphoric ester groups is 1. The molecule has 0 spiro atoms. The van der Waals surface area contributed by atoms with Gasteiger partial charge in [-0.25, -0.2) is 9.36 Å². The second-order valence-corrected chi connectivity index (χ2v) is 13.5. The van der Waals surface area contributed by atoms with Gasteiger partial charge in [0.05, 0.1) is 52.4 Å². The number of esters is 6. The Balaban J connectivity index is 2.63. The number of rotatable bonds is 22. The Kier molecular flexibility index (Phi) is 17.8. The van der Waals surface area contributed by atoms with Crippen molar-refractivity contribution >= 4 is 43.6 Å². The van der Waals surface area contributed by atoms with Crippen LogP contribution in [-0.2, 0) is 80.1 Å². The van der Waals surface area contributed by atoms with Crippen molar-refractivity contribution in [1.82, 2.24) is 9.55 Å². The van der Waals surface area contributed by atoms with Crippen LogP contribution < -0.4 is 11.2 Å². The van der Waals surface area contributed by atoms with Crippen molar-refractivity contribution in [3.63, 3.8) is 0 Å². The Hall–Kier alpha value is -4.47. The first kappa shape index (κ1) is 46.7. The molecule has 1 aliphatic rings. The number of carbonyl (C=O) groups excluding carboxylic acids is 6. The minimum atomic E-state index is -5.36. The van der Waals surface area contributed by atoms with Gasteiger partial charge in [0, 0.05) is 32.0 Å². The van der Waals surface area contributed by atoms with E-state index in [1.165, 1.54) is 40.8 Å². The first-order valence-electron chi connectivity index (χ1n) is 17.0. The molecule has 0 radical (unpaired) electrons. The van der Waals surface area contributed by atoms with E-state index >= 15 is 0 Å². The zero-order valence-corrected chi connectivity index (χ0v) is 32.4. The summed E-state index contributed by atoms with van der Waals surface area (Å²) in [5.41, 5.74) is -6.69. The van der Waals surface area contributed by atoms with Crippen molar-refractivity contribution in [2.75, 3.05) is 59.5 Å². The third-order valence-electron chi connectivity index (χ3n) is 7.70. The molecule has 0 aromatic carbocycles. The molecule has 2 heterocycles. The van der Waals surface area contributed by atoms with Crippen molar-refractivity contribution in [2.24, 2.45) is 10.8 Å². The lowest BCUT2D eigenvalue weighted by Gasteiger charge is -2.32. The minimum absolute atomic E-state index is 0.143. The molecule has 2 N–H and O–H groups in total. The monoisotopic (exact) mass is 810 g/mol. The van der Waals surface area contributed by atoms with E-state index in [4.69, 9.17) is 46.7 Å². The Bertz CT molecular complexity index is 1600. The van der Waals surface area contributed by atoms with E-state index in [-0.39, 0.29) is 38.4 Å². The van der Waals surface area contributed by atoms with Crippen molar-refractivity contribution < 1.29 is 85.2 Å². The summed E-state index contributed by atoms with van der Waals surface area (Å²) in [5.74, 6) is -7.28. The summed E-state index contributed by atoms with van der Waals surface area (Å²) in [5, 5.41) is 10.8. The maximum atomic E-state index is 14.5. The smallest absolute Gasteiger partial charge is 0.465 e. The summed E-state index contributed by atoms with van der Waals surface area (Å²) < 4.78 is 67.8. The standard InChI is InChI=1S/C32H47N2O20P/c1-8-45-26(39)31(15-49-20(6)35,27(40)46-9-2)17-52-55(44,53-18-32(16-50-21(7)36,28(41)47-10-3)29(42)48-11-4)51-14-23-22(37)12-24(54-23)34-13-19(5)25(38)33-30(34)43/h13,22-24,37H,8-12,14-18H2,1-7H3,(H,33,38,43)/t22-,23+,24+/m0/s1. The summed E-state index contributed by atoms with van der Waals surface area (Å²) >= 11 is 0. The maximum absolute atomic E-state index is 14.5. The molecule has 0 saturated carbocycles. The van der Waals surface area contributed by atoms with Crippen LogP contribution in [0.2, 0.25) is 0 Å². The van der Waals surface area contributed by atoms with Crippen molar-refractivity contribution in [3.8, 4) is 0 Å². The van der Waals surface area contributed by atoms with Gasteiger partial charge in [0.2, 0.25) is 10.8 Å². The third-order valence-corrected chi connectivity index (χ3v) is 9.06. The van der Waals surface area contributed by atoms with Gasteiger partial charge in [-0.1, -0.05) is 0 Å². The highest BCUT2D eigenvalue weighted by Gasteiger charge is 2.55. The molecule has 3 atom stereocenters. The van der Waals surface area contributed by atoms with Gasteiger partial charge in [0.25, 0.3) is 5.56 Å². The Morgan fingerprint density at radius 2 is 1.18 bits per heavy atom. The Morgan fingerprint density at radius 3 is 1.56 bits per heavy atom. The predicted octanol–water partition coefficient (Wildman–Crippen LogP) is 0.00272. The number of ether oxygens (including phenoxy) is 7. The fraction of sp³-hybridized carbons (Fsp3) is 0.688. The summed E-state index contributed by atoms with van der Waals surface area (Å²) in [6.07, 6.45) is -3.02. The SMILES string of the molecule is CCOC(=O)C(COC(C)=O)(COP(=O)(OC[C@H]1O[C@@H](n2cc(C)c(=O)[nH]c2=O)C[C@@H]1O)OCC(COC(C)=O)(C(=O)OCC)C(=O)OCC)C(=O)OCC. The second kappa shape index (κ2) is 21.0. The van der Waals surface area contributed by atoms with E-state index in [9.17, 15) is 48.0 Å². The van der Waals surface area contributed by atoms with Crippen LogP contribution in [0.4, 0.5) is 0 Å². The fourth-order valence-electron chi connectivity index (χ4n) is 4.74. The topological polar surface area (TPSA) is 287 Å². The molecule has 1 aromatic heterocycles. The van der Waals surface area contributed by atoms with E-state index in [1.54, 1.807) is 0 Å². The molecule has 22 nitrogen and oxygen atoms in total. The zero-order valence-electron chi connectivity index (χ0n) is 31.5. The van der Waals surface area contributed by atoms with E-state index in [2.05, 4.69) is 4.98 Å². The highest BCUT2D eigenvalue weighted by atomic mass is 31.2. The molecule has 1 aliphatic heterocycles. The molecule has 0 aliphatic carbocycles. The molecular weight excluding hydrogens is 763 g/mol. The summed E-state index contributed by atoms with van der Waals surface area (Å²) in [6.45, 7) is 2.19. The van der Waals surface area contributed by atoms with E-state index in [0.29, 0.717) is 0 Å². The van der Waals surface area contributed by atoms with Crippen molar-refractivity contribution in [2.45, 2.75) is 73.3 Å². The highest BCUT2D eigenvalue weighted by molar-refractivity contribution is 7.48. The number of aromatic nitrogens is 2. The molecular formula is C32H47N2O20P. The number of aliphatic hydroxyl groups is 1. The number of H-pyrrole nitrogens is 1. The minimum Gasteiger partial charge on any atom is -0.465 e. The lowest BCUT2D eigenvalue weighted by molar-refractivity contribution is -0.182. The van der Waals surface area contributed by atoms with Crippen LogP contribution in [0.15, 0.2) is 15.8 Å². The van der Waals surface area contributed by atoms with Gasteiger partial charge in [-0.15, -0.1) is 0 Å². The molecule has 310 valence electrons. The number of carbonyl (C=O) groups is 6. The Labute approximate surface area is 314 Å². The lowest BCUT2D eigenvalue weighted by atomic mass is 9.90. The van der Waals surface area contributed by atoms with Gasteiger partial charge >= 0.3 is 49.3 Å². The first-order chi connectivity index (χ1) is 25.8.